The van der Waals surface area contributed by atoms with Crippen molar-refractivity contribution in [3.8, 4) is 0 Å². The number of rotatable bonds is 38. The van der Waals surface area contributed by atoms with Crippen molar-refractivity contribution >= 4 is 17.9 Å². The molecule has 0 amide bonds. The van der Waals surface area contributed by atoms with Crippen LogP contribution in [0, 0.1) is 0 Å². The van der Waals surface area contributed by atoms with Gasteiger partial charge in [0, 0.05) is 19.3 Å². The molecule has 62 heavy (non-hydrogen) atoms. The monoisotopic (exact) mass is 849 g/mol. The average molecular weight is 849 g/mol. The Kier molecular flexibility index (Phi) is 44.4. The molecule has 340 valence electrons. The molecule has 6 heteroatoms. The molecular weight excluding hydrogens is 769 g/mol. The number of hydrogen-bond acceptors (Lipinski definition) is 6. The Hall–Kier alpha value is -5.23. The van der Waals surface area contributed by atoms with Gasteiger partial charge < -0.3 is 14.2 Å². The first-order valence-electron chi connectivity index (χ1n) is 23.3. The summed E-state index contributed by atoms with van der Waals surface area (Å²) in [7, 11) is 0. The van der Waals surface area contributed by atoms with E-state index in [1.165, 1.54) is 0 Å². The van der Waals surface area contributed by atoms with E-state index in [1.54, 1.807) is 0 Å². The molecule has 0 saturated carbocycles. The minimum absolute atomic E-state index is 0.149. The quantitative estimate of drug-likeness (QED) is 0.0202. The number of ether oxygens (including phenoxy) is 3. The highest BCUT2D eigenvalue weighted by atomic mass is 16.6. The van der Waals surface area contributed by atoms with Crippen LogP contribution in [-0.4, -0.2) is 37.2 Å². The van der Waals surface area contributed by atoms with Gasteiger partial charge in [-0.3, -0.25) is 14.4 Å². The van der Waals surface area contributed by atoms with Gasteiger partial charge in [0.2, 0.25) is 0 Å². The van der Waals surface area contributed by atoms with Crippen LogP contribution in [0.1, 0.15) is 143 Å². The van der Waals surface area contributed by atoms with Crippen LogP contribution in [0.25, 0.3) is 0 Å². The van der Waals surface area contributed by atoms with Gasteiger partial charge in [-0.15, -0.1) is 0 Å². The fourth-order valence-electron chi connectivity index (χ4n) is 5.28. The Morgan fingerprint density at radius 2 is 0.694 bits per heavy atom. The molecule has 0 radical (unpaired) electrons. The summed E-state index contributed by atoms with van der Waals surface area (Å²) in [5.74, 6) is -1.13. The van der Waals surface area contributed by atoms with Crippen molar-refractivity contribution in [2.24, 2.45) is 0 Å². The highest BCUT2D eigenvalue weighted by Crippen LogP contribution is 2.10. The number of hydrogen-bond donors (Lipinski definition) is 0. The van der Waals surface area contributed by atoms with Gasteiger partial charge in [-0.2, -0.15) is 0 Å². The van der Waals surface area contributed by atoms with Crippen molar-refractivity contribution in [2.45, 2.75) is 149 Å². The Morgan fingerprint density at radius 1 is 0.339 bits per heavy atom. The minimum Gasteiger partial charge on any atom is -0.462 e. The van der Waals surface area contributed by atoms with Crippen LogP contribution in [0.5, 0.6) is 0 Å². The zero-order chi connectivity index (χ0) is 45.1. The summed E-state index contributed by atoms with van der Waals surface area (Å²) >= 11 is 0. The Labute approximate surface area is 377 Å². The molecule has 0 aliphatic rings. The van der Waals surface area contributed by atoms with E-state index in [9.17, 15) is 14.4 Å². The molecule has 0 bridgehead atoms. The molecule has 0 aromatic rings. The van der Waals surface area contributed by atoms with Crippen molar-refractivity contribution in [1.82, 2.24) is 0 Å². The SMILES string of the molecule is CC\C=C/C=C\C=C/C=C\C=C/CCCCCC(=O)OC(COC(=O)CC/C=C\C/C=C\C/C=C\C/C=C\C/C=C\CC)COC(=O)CCCCC\C=C/C=C\C=C/C=C\CC. The number of carbonyl (C=O) groups is 3. The van der Waals surface area contributed by atoms with Crippen molar-refractivity contribution in [3.63, 3.8) is 0 Å². The average Bonchev–Trinajstić information content (AvgIpc) is 3.27. The molecule has 0 saturated heterocycles. The highest BCUT2D eigenvalue weighted by molar-refractivity contribution is 5.71. The molecule has 0 aliphatic heterocycles. The summed E-state index contributed by atoms with van der Waals surface area (Å²) in [6.07, 6.45) is 72.0. The predicted molar refractivity (Wildman–Crippen MR) is 265 cm³/mol. The smallest absolute Gasteiger partial charge is 0.306 e. The molecule has 0 heterocycles. The molecule has 0 N–H and O–H groups in total. The van der Waals surface area contributed by atoms with E-state index in [0.717, 1.165) is 83.5 Å². The van der Waals surface area contributed by atoms with E-state index in [2.05, 4.69) is 93.7 Å². The van der Waals surface area contributed by atoms with E-state index in [0.29, 0.717) is 19.3 Å². The zero-order valence-electron chi connectivity index (χ0n) is 38.5. The lowest BCUT2D eigenvalue weighted by atomic mass is 10.1. The normalized spacial score (nSPS) is 13.7. The lowest BCUT2D eigenvalue weighted by molar-refractivity contribution is -0.166. The van der Waals surface area contributed by atoms with E-state index >= 15 is 0 Å². The molecule has 1 unspecified atom stereocenters. The maximum absolute atomic E-state index is 12.7. The predicted octanol–water partition coefficient (Wildman–Crippen LogP) is 15.2. The van der Waals surface area contributed by atoms with E-state index in [-0.39, 0.29) is 44.4 Å². The van der Waals surface area contributed by atoms with Gasteiger partial charge >= 0.3 is 17.9 Å². The first-order chi connectivity index (χ1) is 30.5. The standard InChI is InChI=1S/C56H80O6/c1-4-7-10-13-16-19-22-25-27-29-31-34-37-40-43-46-49-55(58)61-52-53(51-60-54(57)48-45-42-39-36-33-30-24-21-18-15-12-9-6-3)62-56(59)50-47-44-41-38-35-32-28-26-23-20-17-14-11-8-5-2/h7-12,14-21,23-28,30-35,40,43,53H,4-6,13,22,29,36-39,41-42,44-52H2,1-3H3/b10-7-,11-8-,12-9-,17-14-,18-15-,19-16-,23-20-,24-21-,27-25-,28-26-,33-30-,34-31-,35-32-,43-40-. The van der Waals surface area contributed by atoms with Crippen molar-refractivity contribution < 1.29 is 28.6 Å². The van der Waals surface area contributed by atoms with Gasteiger partial charge in [0.25, 0.3) is 0 Å². The Morgan fingerprint density at radius 3 is 1.13 bits per heavy atom. The summed E-state index contributed by atoms with van der Waals surface area (Å²) < 4.78 is 16.6. The largest absolute Gasteiger partial charge is 0.462 e. The van der Waals surface area contributed by atoms with Gasteiger partial charge in [-0.25, -0.2) is 0 Å². The summed E-state index contributed by atoms with van der Waals surface area (Å²) in [6, 6.07) is 0. The maximum atomic E-state index is 12.7. The van der Waals surface area contributed by atoms with Crippen LogP contribution in [0.2, 0.25) is 0 Å². The molecule has 0 aromatic heterocycles. The van der Waals surface area contributed by atoms with Crippen LogP contribution in [-0.2, 0) is 28.6 Å². The Bertz CT molecular complexity index is 1530. The van der Waals surface area contributed by atoms with Gasteiger partial charge in [-0.1, -0.05) is 204 Å². The number of allylic oxidation sites excluding steroid dienone is 28. The van der Waals surface area contributed by atoms with Gasteiger partial charge in [-0.05, 0) is 89.9 Å². The van der Waals surface area contributed by atoms with Crippen LogP contribution in [0.3, 0.4) is 0 Å². The molecule has 0 spiro atoms. The lowest BCUT2D eigenvalue weighted by Gasteiger charge is -2.18. The second-order valence-electron chi connectivity index (χ2n) is 14.4. The molecule has 0 aromatic carbocycles. The first kappa shape index (κ1) is 56.8. The number of unbranched alkanes of at least 4 members (excludes halogenated alkanes) is 6. The van der Waals surface area contributed by atoms with Gasteiger partial charge in [0.15, 0.2) is 6.10 Å². The molecular formula is C56H80O6. The van der Waals surface area contributed by atoms with Crippen LogP contribution < -0.4 is 0 Å². The number of esters is 3. The van der Waals surface area contributed by atoms with Crippen molar-refractivity contribution in [1.29, 1.82) is 0 Å². The Balaban J connectivity index is 4.70. The highest BCUT2D eigenvalue weighted by Gasteiger charge is 2.19. The molecule has 6 nitrogen and oxygen atoms in total. The van der Waals surface area contributed by atoms with E-state index in [4.69, 9.17) is 14.2 Å². The molecule has 0 rings (SSSR count). The van der Waals surface area contributed by atoms with Crippen LogP contribution in [0.4, 0.5) is 0 Å². The topological polar surface area (TPSA) is 78.9 Å². The second kappa shape index (κ2) is 48.4. The van der Waals surface area contributed by atoms with Crippen molar-refractivity contribution in [2.75, 3.05) is 13.2 Å². The van der Waals surface area contributed by atoms with Crippen LogP contribution in [0.15, 0.2) is 170 Å². The van der Waals surface area contributed by atoms with Crippen LogP contribution >= 0.6 is 0 Å². The van der Waals surface area contributed by atoms with E-state index < -0.39 is 12.1 Å². The third-order valence-corrected chi connectivity index (χ3v) is 8.68. The fraction of sp³-hybridized carbons (Fsp3) is 0.446. The molecule has 1 atom stereocenters. The second-order valence-corrected chi connectivity index (χ2v) is 14.4. The summed E-state index contributed by atoms with van der Waals surface area (Å²) in [5.41, 5.74) is 0. The fourth-order valence-corrected chi connectivity index (χ4v) is 5.28. The minimum atomic E-state index is -0.855. The lowest BCUT2D eigenvalue weighted by Crippen LogP contribution is -2.30. The summed E-state index contributed by atoms with van der Waals surface area (Å²) in [4.78, 5) is 37.8. The summed E-state index contributed by atoms with van der Waals surface area (Å²) in [6.45, 7) is 6.05. The van der Waals surface area contributed by atoms with Crippen molar-refractivity contribution in [3.05, 3.63) is 170 Å². The third kappa shape index (κ3) is 45.8. The molecule has 0 aliphatic carbocycles. The van der Waals surface area contributed by atoms with Gasteiger partial charge in [0.05, 0.1) is 0 Å². The first-order valence-corrected chi connectivity index (χ1v) is 23.3. The van der Waals surface area contributed by atoms with E-state index in [1.807, 2.05) is 97.2 Å². The summed E-state index contributed by atoms with van der Waals surface area (Å²) in [5, 5.41) is 0. The molecule has 0 fully saturated rings. The third-order valence-electron chi connectivity index (χ3n) is 8.68. The number of carbonyl (C=O) groups excluding carboxylic acids is 3. The maximum Gasteiger partial charge on any atom is 0.306 e. The van der Waals surface area contributed by atoms with Gasteiger partial charge in [0.1, 0.15) is 13.2 Å². The zero-order valence-corrected chi connectivity index (χ0v) is 38.5.